The number of ether oxygens (including phenoxy) is 1. The Kier molecular flexibility index (Phi) is 4.12. The molecule has 2 bridgehead atoms. The molecule has 3 atom stereocenters. The van der Waals surface area contributed by atoms with Crippen LogP contribution in [0.25, 0.3) is 0 Å². The van der Waals surface area contributed by atoms with Crippen molar-refractivity contribution in [2.75, 3.05) is 19.6 Å². The first-order valence-corrected chi connectivity index (χ1v) is 8.88. The van der Waals surface area contributed by atoms with Crippen LogP contribution in [-0.4, -0.2) is 42.6 Å². The maximum absolute atomic E-state index is 12.4. The van der Waals surface area contributed by atoms with E-state index in [1.54, 1.807) is 0 Å². The van der Waals surface area contributed by atoms with Crippen molar-refractivity contribution in [2.45, 2.75) is 44.9 Å². The molecule has 3 aliphatic rings. The van der Waals surface area contributed by atoms with Gasteiger partial charge in [0.2, 0.25) is 5.91 Å². The van der Waals surface area contributed by atoms with Crippen molar-refractivity contribution in [3.63, 3.8) is 0 Å². The van der Waals surface area contributed by atoms with Crippen LogP contribution in [0.3, 0.4) is 0 Å². The van der Waals surface area contributed by atoms with Gasteiger partial charge in [0.25, 0.3) is 0 Å². The van der Waals surface area contributed by atoms with Crippen LogP contribution >= 0.6 is 0 Å². The Bertz CT molecular complexity index is 584. The number of carbonyl (C=O) groups excluding carboxylic acids is 1. The lowest BCUT2D eigenvalue weighted by Crippen LogP contribution is -2.45. The Hall–Kier alpha value is -1.39. The summed E-state index contributed by atoms with van der Waals surface area (Å²) in [6.07, 6.45) is 3.72. The smallest absolute Gasteiger partial charge is 0.225 e. The molecule has 0 unspecified atom stereocenters. The standard InChI is InChI=1S/C19H26N2O2/c1-13-3-2-4-15(7-13)10-21-11-16-8-17(18(12-21)23-16)19(22)20-9-14-5-6-14/h2-4,7,14,16-18H,5-6,8-12H2,1H3,(H,20,22)/t16-,17+,18-/m1/s1. The Morgan fingerprint density at radius 2 is 2.22 bits per heavy atom. The SMILES string of the molecule is Cc1cccc(CN2C[C@H]3C[C@H](C(=O)NCC4CC4)[C@@H](C2)O3)c1. The molecule has 4 heteroatoms. The Morgan fingerprint density at radius 3 is 3.00 bits per heavy atom. The molecular weight excluding hydrogens is 288 g/mol. The zero-order valence-electron chi connectivity index (χ0n) is 13.8. The summed E-state index contributed by atoms with van der Waals surface area (Å²) in [5.74, 6) is 0.988. The normalized spacial score (nSPS) is 30.4. The van der Waals surface area contributed by atoms with E-state index >= 15 is 0 Å². The van der Waals surface area contributed by atoms with Crippen LogP contribution in [0.15, 0.2) is 24.3 Å². The zero-order chi connectivity index (χ0) is 15.8. The molecule has 23 heavy (non-hydrogen) atoms. The van der Waals surface area contributed by atoms with Gasteiger partial charge in [-0.1, -0.05) is 29.8 Å². The number of hydrogen-bond donors (Lipinski definition) is 1. The molecule has 1 aromatic rings. The number of carbonyl (C=O) groups is 1. The van der Waals surface area contributed by atoms with E-state index in [-0.39, 0.29) is 24.0 Å². The van der Waals surface area contributed by atoms with Crippen molar-refractivity contribution in [3.8, 4) is 0 Å². The van der Waals surface area contributed by atoms with Gasteiger partial charge in [-0.2, -0.15) is 0 Å². The van der Waals surface area contributed by atoms with Crippen LogP contribution in [0, 0.1) is 18.8 Å². The van der Waals surface area contributed by atoms with Gasteiger partial charge in [-0.25, -0.2) is 0 Å². The molecule has 0 radical (unpaired) electrons. The number of fused-ring (bicyclic) bond motifs is 2. The van der Waals surface area contributed by atoms with E-state index in [1.165, 1.54) is 24.0 Å². The minimum Gasteiger partial charge on any atom is -0.371 e. The zero-order valence-corrected chi connectivity index (χ0v) is 13.8. The maximum Gasteiger partial charge on any atom is 0.225 e. The van der Waals surface area contributed by atoms with Gasteiger partial charge in [-0.05, 0) is 37.7 Å². The minimum absolute atomic E-state index is 0.0428. The predicted octanol–water partition coefficient (Wildman–Crippen LogP) is 2.11. The average Bonchev–Trinajstić information content (AvgIpc) is 3.29. The highest BCUT2D eigenvalue weighted by Crippen LogP contribution is 2.33. The van der Waals surface area contributed by atoms with Crippen LogP contribution in [0.1, 0.15) is 30.4 Å². The first-order valence-electron chi connectivity index (χ1n) is 8.88. The summed E-state index contributed by atoms with van der Waals surface area (Å²) >= 11 is 0. The molecule has 1 saturated carbocycles. The molecule has 1 N–H and O–H groups in total. The van der Waals surface area contributed by atoms with Crippen molar-refractivity contribution < 1.29 is 9.53 Å². The summed E-state index contributed by atoms with van der Waals surface area (Å²) in [5, 5.41) is 3.13. The van der Waals surface area contributed by atoms with Crippen molar-refractivity contribution in [1.82, 2.24) is 10.2 Å². The van der Waals surface area contributed by atoms with Gasteiger partial charge in [0.1, 0.15) is 0 Å². The molecule has 1 amide bonds. The van der Waals surface area contributed by atoms with Crippen molar-refractivity contribution >= 4 is 5.91 Å². The summed E-state index contributed by atoms with van der Waals surface area (Å²) < 4.78 is 6.04. The molecule has 3 fully saturated rings. The van der Waals surface area contributed by atoms with Crippen LogP contribution in [0.4, 0.5) is 0 Å². The van der Waals surface area contributed by atoms with E-state index in [0.29, 0.717) is 0 Å². The topological polar surface area (TPSA) is 41.6 Å². The number of amides is 1. The van der Waals surface area contributed by atoms with E-state index in [0.717, 1.165) is 38.5 Å². The minimum atomic E-state index is 0.0428. The number of nitrogens with zero attached hydrogens (tertiary/aromatic N) is 1. The fourth-order valence-corrected chi connectivity index (χ4v) is 3.91. The number of morpholine rings is 1. The second kappa shape index (κ2) is 6.25. The number of nitrogens with one attached hydrogen (secondary N) is 1. The third-order valence-corrected chi connectivity index (χ3v) is 5.32. The third kappa shape index (κ3) is 3.59. The van der Waals surface area contributed by atoms with E-state index in [2.05, 4.69) is 41.4 Å². The summed E-state index contributed by atoms with van der Waals surface area (Å²) in [6, 6.07) is 8.68. The lowest BCUT2D eigenvalue weighted by Gasteiger charge is -2.32. The Balaban J connectivity index is 1.35. The van der Waals surface area contributed by atoms with Gasteiger partial charge in [0, 0.05) is 26.2 Å². The summed E-state index contributed by atoms with van der Waals surface area (Å²) in [7, 11) is 0. The van der Waals surface area contributed by atoms with E-state index in [4.69, 9.17) is 4.74 Å². The number of likely N-dealkylation sites (tertiary alicyclic amines) is 1. The van der Waals surface area contributed by atoms with Gasteiger partial charge < -0.3 is 10.1 Å². The molecule has 124 valence electrons. The molecular formula is C19H26N2O2. The molecule has 2 aliphatic heterocycles. The second-order valence-corrected chi connectivity index (χ2v) is 7.51. The molecule has 2 saturated heterocycles. The Morgan fingerprint density at radius 1 is 1.35 bits per heavy atom. The fraction of sp³-hybridized carbons (Fsp3) is 0.632. The van der Waals surface area contributed by atoms with Crippen LogP contribution < -0.4 is 5.32 Å². The van der Waals surface area contributed by atoms with Crippen LogP contribution in [0.2, 0.25) is 0 Å². The summed E-state index contributed by atoms with van der Waals surface area (Å²) in [5.41, 5.74) is 2.65. The highest BCUT2D eigenvalue weighted by molar-refractivity contribution is 5.79. The van der Waals surface area contributed by atoms with Gasteiger partial charge >= 0.3 is 0 Å². The molecule has 0 aromatic heterocycles. The molecule has 2 heterocycles. The monoisotopic (exact) mass is 314 g/mol. The first-order chi connectivity index (χ1) is 11.2. The highest BCUT2D eigenvalue weighted by Gasteiger charge is 2.44. The first kappa shape index (κ1) is 15.2. The lowest BCUT2D eigenvalue weighted by atomic mass is 9.99. The highest BCUT2D eigenvalue weighted by atomic mass is 16.5. The molecule has 1 aliphatic carbocycles. The average molecular weight is 314 g/mol. The Labute approximate surface area is 138 Å². The van der Waals surface area contributed by atoms with E-state index in [1.807, 2.05) is 0 Å². The van der Waals surface area contributed by atoms with Gasteiger partial charge in [0.15, 0.2) is 0 Å². The number of hydrogen-bond acceptors (Lipinski definition) is 3. The van der Waals surface area contributed by atoms with Crippen molar-refractivity contribution in [2.24, 2.45) is 11.8 Å². The van der Waals surface area contributed by atoms with E-state index < -0.39 is 0 Å². The van der Waals surface area contributed by atoms with Gasteiger partial charge in [-0.15, -0.1) is 0 Å². The second-order valence-electron chi connectivity index (χ2n) is 7.51. The lowest BCUT2D eigenvalue weighted by molar-refractivity contribution is -0.128. The number of aryl methyl sites for hydroxylation is 1. The van der Waals surface area contributed by atoms with Gasteiger partial charge in [-0.3, -0.25) is 9.69 Å². The largest absolute Gasteiger partial charge is 0.371 e. The quantitative estimate of drug-likeness (QED) is 0.905. The molecule has 0 spiro atoms. The van der Waals surface area contributed by atoms with E-state index in [9.17, 15) is 4.79 Å². The summed E-state index contributed by atoms with van der Waals surface area (Å²) in [4.78, 5) is 14.9. The summed E-state index contributed by atoms with van der Waals surface area (Å²) in [6.45, 7) is 5.75. The molecule has 1 aromatic carbocycles. The van der Waals surface area contributed by atoms with Crippen molar-refractivity contribution in [3.05, 3.63) is 35.4 Å². The van der Waals surface area contributed by atoms with Crippen LogP contribution in [0.5, 0.6) is 0 Å². The van der Waals surface area contributed by atoms with Crippen LogP contribution in [-0.2, 0) is 16.1 Å². The maximum atomic E-state index is 12.4. The molecule has 4 rings (SSSR count). The van der Waals surface area contributed by atoms with Crippen molar-refractivity contribution in [1.29, 1.82) is 0 Å². The predicted molar refractivity (Wildman–Crippen MR) is 89.0 cm³/mol. The number of benzene rings is 1. The van der Waals surface area contributed by atoms with Gasteiger partial charge in [0.05, 0.1) is 18.1 Å². The third-order valence-electron chi connectivity index (χ3n) is 5.32. The fourth-order valence-electron chi connectivity index (χ4n) is 3.91. The number of rotatable bonds is 5. The molecule has 4 nitrogen and oxygen atoms in total.